The van der Waals surface area contributed by atoms with Crippen molar-refractivity contribution in [1.82, 2.24) is 4.90 Å². The lowest BCUT2D eigenvalue weighted by atomic mass is 9.94. The lowest BCUT2D eigenvalue weighted by Crippen LogP contribution is -2.38. The lowest BCUT2D eigenvalue weighted by Gasteiger charge is -2.31. The van der Waals surface area contributed by atoms with Crippen LogP contribution in [0.15, 0.2) is 24.3 Å². The molecule has 1 saturated carbocycles. The van der Waals surface area contributed by atoms with E-state index < -0.39 is 4.92 Å². The number of anilines is 1. The fraction of sp³-hybridized carbons (Fsp3) is 0.529. The number of likely N-dealkylation sites (tertiary alicyclic amines) is 1. The van der Waals surface area contributed by atoms with E-state index in [9.17, 15) is 19.7 Å². The molecule has 1 saturated heterocycles. The SMILES string of the molecule is O=C(Nc1ccc([N+](=O)[O-])cc1)[C@H]1CC(=O)N(C2CCCCC2)C1. The molecule has 7 heteroatoms. The molecule has 1 N–H and O–H groups in total. The highest BCUT2D eigenvalue weighted by molar-refractivity contribution is 5.97. The number of carbonyl (C=O) groups is 2. The van der Waals surface area contributed by atoms with Crippen LogP contribution in [0.5, 0.6) is 0 Å². The van der Waals surface area contributed by atoms with Crippen LogP contribution in [0.25, 0.3) is 0 Å². The molecule has 1 heterocycles. The fourth-order valence-corrected chi connectivity index (χ4v) is 3.56. The van der Waals surface area contributed by atoms with Crippen molar-refractivity contribution in [3.05, 3.63) is 34.4 Å². The molecule has 24 heavy (non-hydrogen) atoms. The number of hydrogen-bond acceptors (Lipinski definition) is 4. The minimum Gasteiger partial charge on any atom is -0.339 e. The summed E-state index contributed by atoms with van der Waals surface area (Å²) in [5, 5.41) is 13.4. The zero-order valence-electron chi connectivity index (χ0n) is 13.4. The van der Waals surface area contributed by atoms with Gasteiger partial charge in [-0.05, 0) is 25.0 Å². The van der Waals surface area contributed by atoms with Gasteiger partial charge in [-0.25, -0.2) is 0 Å². The first kappa shape index (κ1) is 16.4. The number of nitrogens with zero attached hydrogens (tertiary/aromatic N) is 2. The maximum Gasteiger partial charge on any atom is 0.269 e. The van der Waals surface area contributed by atoms with Crippen LogP contribution < -0.4 is 5.32 Å². The molecule has 2 amide bonds. The van der Waals surface area contributed by atoms with Gasteiger partial charge in [-0.15, -0.1) is 0 Å². The van der Waals surface area contributed by atoms with Crippen molar-refractivity contribution in [2.45, 2.75) is 44.6 Å². The van der Waals surface area contributed by atoms with Crippen molar-refractivity contribution in [1.29, 1.82) is 0 Å². The highest BCUT2D eigenvalue weighted by Crippen LogP contribution is 2.29. The molecule has 1 aromatic carbocycles. The van der Waals surface area contributed by atoms with Crippen LogP contribution in [0.2, 0.25) is 0 Å². The van der Waals surface area contributed by atoms with Gasteiger partial charge in [0.25, 0.3) is 5.69 Å². The zero-order chi connectivity index (χ0) is 17.1. The van der Waals surface area contributed by atoms with E-state index in [0.29, 0.717) is 12.2 Å². The molecule has 1 aliphatic carbocycles. The summed E-state index contributed by atoms with van der Waals surface area (Å²) in [6.07, 6.45) is 5.82. The summed E-state index contributed by atoms with van der Waals surface area (Å²) >= 11 is 0. The number of carbonyl (C=O) groups excluding carboxylic acids is 2. The van der Waals surface area contributed by atoms with Gasteiger partial charge in [-0.1, -0.05) is 19.3 Å². The van der Waals surface area contributed by atoms with E-state index in [1.807, 2.05) is 4.90 Å². The van der Waals surface area contributed by atoms with Gasteiger partial charge in [0, 0.05) is 36.8 Å². The van der Waals surface area contributed by atoms with E-state index >= 15 is 0 Å². The van der Waals surface area contributed by atoms with E-state index in [-0.39, 0.29) is 35.9 Å². The molecule has 1 aliphatic heterocycles. The number of amides is 2. The van der Waals surface area contributed by atoms with Crippen LogP contribution in [0.1, 0.15) is 38.5 Å². The van der Waals surface area contributed by atoms with Gasteiger partial charge in [0.2, 0.25) is 11.8 Å². The molecule has 0 bridgehead atoms. The maximum absolute atomic E-state index is 12.4. The fourth-order valence-electron chi connectivity index (χ4n) is 3.56. The number of hydrogen-bond donors (Lipinski definition) is 1. The summed E-state index contributed by atoms with van der Waals surface area (Å²) in [6, 6.07) is 5.99. The summed E-state index contributed by atoms with van der Waals surface area (Å²) in [5.74, 6) is -0.490. The Morgan fingerprint density at radius 2 is 1.83 bits per heavy atom. The van der Waals surface area contributed by atoms with Gasteiger partial charge in [0.15, 0.2) is 0 Å². The van der Waals surface area contributed by atoms with Gasteiger partial charge in [-0.3, -0.25) is 19.7 Å². The van der Waals surface area contributed by atoms with Gasteiger partial charge < -0.3 is 10.2 Å². The Labute approximate surface area is 140 Å². The van der Waals surface area contributed by atoms with E-state index in [4.69, 9.17) is 0 Å². The average molecular weight is 331 g/mol. The molecule has 2 fully saturated rings. The Balaban J connectivity index is 1.59. The second-order valence-corrected chi connectivity index (χ2v) is 6.53. The Bertz CT molecular complexity index is 638. The molecule has 0 aromatic heterocycles. The third-order valence-electron chi connectivity index (χ3n) is 4.89. The molecule has 1 atom stereocenters. The van der Waals surface area contributed by atoms with E-state index in [0.717, 1.165) is 25.7 Å². The van der Waals surface area contributed by atoms with Crippen LogP contribution in [0.3, 0.4) is 0 Å². The molecular formula is C17H21N3O4. The van der Waals surface area contributed by atoms with Gasteiger partial charge in [-0.2, -0.15) is 0 Å². The first-order chi connectivity index (χ1) is 11.5. The van der Waals surface area contributed by atoms with Crippen molar-refractivity contribution < 1.29 is 14.5 Å². The topological polar surface area (TPSA) is 92.5 Å². The third-order valence-corrected chi connectivity index (χ3v) is 4.89. The van der Waals surface area contributed by atoms with E-state index in [2.05, 4.69) is 5.32 Å². The number of rotatable bonds is 4. The highest BCUT2D eigenvalue weighted by atomic mass is 16.6. The highest BCUT2D eigenvalue weighted by Gasteiger charge is 2.38. The summed E-state index contributed by atoms with van der Waals surface area (Å²) in [7, 11) is 0. The second kappa shape index (κ2) is 6.98. The van der Waals surface area contributed by atoms with E-state index in [1.165, 1.54) is 30.7 Å². The summed E-state index contributed by atoms with van der Waals surface area (Å²) in [4.78, 5) is 36.6. The first-order valence-electron chi connectivity index (χ1n) is 8.39. The average Bonchev–Trinajstić information content (AvgIpc) is 2.98. The molecule has 3 rings (SSSR count). The van der Waals surface area contributed by atoms with Gasteiger partial charge in [0.05, 0.1) is 10.8 Å². The van der Waals surface area contributed by atoms with Crippen LogP contribution in [0.4, 0.5) is 11.4 Å². The Hall–Kier alpha value is -2.44. The van der Waals surface area contributed by atoms with Gasteiger partial charge in [0.1, 0.15) is 0 Å². The number of nitrogens with one attached hydrogen (secondary N) is 1. The predicted octanol–water partition coefficient (Wildman–Crippen LogP) is 2.71. The van der Waals surface area contributed by atoms with Crippen LogP contribution in [0, 0.1) is 16.0 Å². The quantitative estimate of drug-likeness (QED) is 0.678. The van der Waals surface area contributed by atoms with Crippen molar-refractivity contribution in [3.63, 3.8) is 0 Å². The smallest absolute Gasteiger partial charge is 0.269 e. The minimum atomic E-state index is -0.483. The number of benzene rings is 1. The summed E-state index contributed by atoms with van der Waals surface area (Å²) in [5.41, 5.74) is 0.488. The number of nitro groups is 1. The Morgan fingerprint density at radius 1 is 1.17 bits per heavy atom. The van der Waals surface area contributed by atoms with Crippen LogP contribution >= 0.6 is 0 Å². The summed E-state index contributed by atoms with van der Waals surface area (Å²) < 4.78 is 0. The van der Waals surface area contributed by atoms with Crippen LogP contribution in [-0.4, -0.2) is 34.2 Å². The van der Waals surface area contributed by atoms with Crippen molar-refractivity contribution in [2.75, 3.05) is 11.9 Å². The zero-order valence-corrected chi connectivity index (χ0v) is 13.4. The largest absolute Gasteiger partial charge is 0.339 e. The monoisotopic (exact) mass is 331 g/mol. The Kier molecular flexibility index (Phi) is 4.78. The third kappa shape index (κ3) is 3.55. The molecule has 7 nitrogen and oxygen atoms in total. The molecule has 0 spiro atoms. The van der Waals surface area contributed by atoms with E-state index in [1.54, 1.807) is 0 Å². The molecule has 1 aromatic rings. The normalized spacial score (nSPS) is 21.8. The Morgan fingerprint density at radius 3 is 2.46 bits per heavy atom. The molecular weight excluding hydrogens is 310 g/mol. The molecule has 0 unspecified atom stereocenters. The van der Waals surface area contributed by atoms with Crippen LogP contribution in [-0.2, 0) is 9.59 Å². The van der Waals surface area contributed by atoms with Gasteiger partial charge >= 0.3 is 0 Å². The molecule has 128 valence electrons. The lowest BCUT2D eigenvalue weighted by molar-refractivity contribution is -0.384. The minimum absolute atomic E-state index is 0.0208. The first-order valence-corrected chi connectivity index (χ1v) is 8.39. The molecule has 2 aliphatic rings. The van der Waals surface area contributed by atoms with Crippen molar-refractivity contribution in [3.8, 4) is 0 Å². The van der Waals surface area contributed by atoms with Crippen molar-refractivity contribution >= 4 is 23.2 Å². The van der Waals surface area contributed by atoms with Crippen molar-refractivity contribution in [2.24, 2.45) is 5.92 Å². The molecule has 0 radical (unpaired) electrons. The predicted molar refractivity (Wildman–Crippen MR) is 88.4 cm³/mol. The number of nitro benzene ring substituents is 1. The maximum atomic E-state index is 12.4. The standard InChI is InChI=1S/C17H21N3O4/c21-16-10-12(11-19(16)14-4-2-1-3-5-14)17(22)18-13-6-8-15(9-7-13)20(23)24/h6-9,12,14H,1-5,10-11H2,(H,18,22)/t12-/m0/s1. The second-order valence-electron chi connectivity index (χ2n) is 6.53. The summed E-state index contributed by atoms with van der Waals surface area (Å²) in [6.45, 7) is 0.475. The number of non-ortho nitro benzene ring substituents is 1.